The van der Waals surface area contributed by atoms with Crippen molar-refractivity contribution in [3.8, 4) is 0 Å². The van der Waals surface area contributed by atoms with Crippen molar-refractivity contribution in [2.45, 2.75) is 38.7 Å². The number of ether oxygens (including phenoxy) is 1. The van der Waals surface area contributed by atoms with Gasteiger partial charge in [-0.3, -0.25) is 9.59 Å². The summed E-state index contributed by atoms with van der Waals surface area (Å²) in [6, 6.07) is 3.02. The fourth-order valence-electron chi connectivity index (χ4n) is 2.73. The maximum atomic E-state index is 13.1. The molecule has 6 heteroatoms. The molecule has 2 rings (SSSR count). The Morgan fingerprint density at radius 3 is 2.74 bits per heavy atom. The molecule has 1 heterocycles. The fraction of sp³-hybridized carbons (Fsp3) is 0.529. The molecule has 126 valence electrons. The first-order valence-corrected chi connectivity index (χ1v) is 7.89. The molecular weight excluding hydrogens is 304 g/mol. The van der Waals surface area contributed by atoms with Gasteiger partial charge in [0.15, 0.2) is 17.4 Å². The van der Waals surface area contributed by atoms with Gasteiger partial charge in [0.1, 0.15) is 0 Å². The summed E-state index contributed by atoms with van der Waals surface area (Å²) in [5, 5.41) is 0. The number of carbonyl (C=O) groups excluding carboxylic acids is 2. The van der Waals surface area contributed by atoms with Crippen LogP contribution in [0, 0.1) is 11.6 Å². The summed E-state index contributed by atoms with van der Waals surface area (Å²) in [5.74, 6) is -2.52. The highest BCUT2D eigenvalue weighted by Gasteiger charge is 2.24. The first kappa shape index (κ1) is 17.5. The van der Waals surface area contributed by atoms with Gasteiger partial charge in [-0.05, 0) is 38.0 Å². The summed E-state index contributed by atoms with van der Waals surface area (Å²) in [6.45, 7) is 3.75. The molecule has 1 aromatic carbocycles. The van der Waals surface area contributed by atoms with Crippen LogP contribution in [0.15, 0.2) is 18.2 Å². The molecule has 1 atom stereocenters. The third-order valence-corrected chi connectivity index (χ3v) is 3.94. The topological polar surface area (TPSA) is 46.6 Å². The second-order valence-electron chi connectivity index (χ2n) is 5.61. The number of rotatable bonds is 6. The van der Waals surface area contributed by atoms with E-state index in [1.54, 1.807) is 4.90 Å². The van der Waals surface area contributed by atoms with Gasteiger partial charge < -0.3 is 9.64 Å². The van der Waals surface area contributed by atoms with Crippen molar-refractivity contribution < 1.29 is 23.1 Å². The van der Waals surface area contributed by atoms with E-state index < -0.39 is 11.6 Å². The third kappa shape index (κ3) is 4.82. The molecule has 0 radical (unpaired) electrons. The van der Waals surface area contributed by atoms with Crippen LogP contribution in [0.1, 0.15) is 43.0 Å². The molecule has 1 aliphatic rings. The van der Waals surface area contributed by atoms with Gasteiger partial charge >= 0.3 is 0 Å². The van der Waals surface area contributed by atoms with Crippen LogP contribution < -0.4 is 0 Å². The number of halogens is 2. The van der Waals surface area contributed by atoms with Gasteiger partial charge in [0.05, 0.1) is 6.10 Å². The van der Waals surface area contributed by atoms with E-state index in [0.717, 1.165) is 25.0 Å². The van der Waals surface area contributed by atoms with Crippen LogP contribution in [0.2, 0.25) is 0 Å². The lowest BCUT2D eigenvalue weighted by Gasteiger charge is -2.32. The van der Waals surface area contributed by atoms with Crippen molar-refractivity contribution in [3.05, 3.63) is 35.4 Å². The number of amides is 1. The summed E-state index contributed by atoms with van der Waals surface area (Å²) in [5.41, 5.74) is 0.0857. The Morgan fingerprint density at radius 2 is 2.04 bits per heavy atom. The van der Waals surface area contributed by atoms with E-state index in [0.29, 0.717) is 19.7 Å². The summed E-state index contributed by atoms with van der Waals surface area (Å²) in [4.78, 5) is 25.9. The molecule has 1 saturated heterocycles. The first-order valence-electron chi connectivity index (χ1n) is 7.89. The van der Waals surface area contributed by atoms with Crippen molar-refractivity contribution in [2.24, 2.45) is 0 Å². The predicted molar refractivity (Wildman–Crippen MR) is 81.2 cm³/mol. The normalized spacial score (nSPS) is 18.0. The third-order valence-electron chi connectivity index (χ3n) is 3.94. The summed E-state index contributed by atoms with van der Waals surface area (Å²) < 4.78 is 31.5. The molecule has 0 bridgehead atoms. The average molecular weight is 325 g/mol. The van der Waals surface area contributed by atoms with Crippen LogP contribution in [-0.2, 0) is 9.53 Å². The summed E-state index contributed by atoms with van der Waals surface area (Å²) in [6.07, 6.45) is 1.93. The average Bonchev–Trinajstić information content (AvgIpc) is 2.55. The van der Waals surface area contributed by atoms with Crippen LogP contribution in [0.5, 0.6) is 0 Å². The van der Waals surface area contributed by atoms with Crippen molar-refractivity contribution in [3.63, 3.8) is 0 Å². The minimum absolute atomic E-state index is 0.0142. The van der Waals surface area contributed by atoms with Gasteiger partial charge in [-0.2, -0.15) is 0 Å². The van der Waals surface area contributed by atoms with Gasteiger partial charge in [0.2, 0.25) is 5.91 Å². The molecular formula is C17H21F2NO3. The molecule has 1 amide bonds. The maximum absolute atomic E-state index is 13.1. The van der Waals surface area contributed by atoms with Gasteiger partial charge in [-0.1, -0.05) is 0 Å². The lowest BCUT2D eigenvalue weighted by atomic mass is 10.0. The molecule has 0 saturated carbocycles. The fourth-order valence-corrected chi connectivity index (χ4v) is 2.73. The van der Waals surface area contributed by atoms with Crippen molar-refractivity contribution in [2.75, 3.05) is 19.7 Å². The second kappa shape index (κ2) is 8.15. The number of benzene rings is 1. The molecule has 1 fully saturated rings. The van der Waals surface area contributed by atoms with E-state index in [-0.39, 0.29) is 36.2 Å². The van der Waals surface area contributed by atoms with E-state index >= 15 is 0 Å². The van der Waals surface area contributed by atoms with E-state index in [4.69, 9.17) is 4.74 Å². The molecule has 0 aromatic heterocycles. The zero-order chi connectivity index (χ0) is 16.8. The van der Waals surface area contributed by atoms with Crippen molar-refractivity contribution in [1.29, 1.82) is 0 Å². The smallest absolute Gasteiger partial charge is 0.223 e. The number of piperidine rings is 1. The molecule has 0 spiro atoms. The van der Waals surface area contributed by atoms with E-state index in [2.05, 4.69) is 0 Å². The zero-order valence-electron chi connectivity index (χ0n) is 13.2. The zero-order valence-corrected chi connectivity index (χ0v) is 13.2. The van der Waals surface area contributed by atoms with Gasteiger partial charge in [-0.15, -0.1) is 0 Å². The SMILES string of the molecule is CCO[C@H]1CCCN(C(=O)CCC(=O)c2ccc(F)c(F)c2)C1. The number of hydrogen-bond acceptors (Lipinski definition) is 3. The van der Waals surface area contributed by atoms with Crippen LogP contribution in [0.4, 0.5) is 8.78 Å². The molecule has 1 aliphatic heterocycles. The Bertz CT molecular complexity index is 575. The lowest BCUT2D eigenvalue weighted by Crippen LogP contribution is -2.43. The number of nitrogens with zero attached hydrogens (tertiary/aromatic N) is 1. The number of hydrogen-bond donors (Lipinski definition) is 0. The Kier molecular flexibility index (Phi) is 6.21. The van der Waals surface area contributed by atoms with Gasteiger partial charge in [0, 0.05) is 38.1 Å². The Balaban J connectivity index is 1.85. The first-order chi connectivity index (χ1) is 11.0. The van der Waals surface area contributed by atoms with E-state index in [9.17, 15) is 18.4 Å². The minimum atomic E-state index is -1.06. The van der Waals surface area contributed by atoms with Crippen molar-refractivity contribution >= 4 is 11.7 Å². The van der Waals surface area contributed by atoms with E-state index in [1.807, 2.05) is 6.92 Å². The highest BCUT2D eigenvalue weighted by atomic mass is 19.2. The molecule has 0 unspecified atom stereocenters. The molecule has 23 heavy (non-hydrogen) atoms. The Labute approximate surface area is 134 Å². The lowest BCUT2D eigenvalue weighted by molar-refractivity contribution is -0.135. The quantitative estimate of drug-likeness (QED) is 0.756. The Morgan fingerprint density at radius 1 is 1.26 bits per heavy atom. The highest BCUT2D eigenvalue weighted by Crippen LogP contribution is 2.16. The standard InChI is InChI=1S/C17H21F2NO3/c1-2-23-13-4-3-9-20(11-13)17(22)8-7-16(21)12-5-6-14(18)15(19)10-12/h5-6,10,13H,2-4,7-9,11H2,1H3/t13-/m0/s1. The second-order valence-corrected chi connectivity index (χ2v) is 5.61. The molecule has 0 N–H and O–H groups in total. The predicted octanol–water partition coefficient (Wildman–Crippen LogP) is 2.96. The highest BCUT2D eigenvalue weighted by molar-refractivity contribution is 5.97. The van der Waals surface area contributed by atoms with Crippen LogP contribution in [0.25, 0.3) is 0 Å². The van der Waals surface area contributed by atoms with Gasteiger partial charge in [-0.25, -0.2) is 8.78 Å². The Hall–Kier alpha value is -1.82. The molecule has 4 nitrogen and oxygen atoms in total. The maximum Gasteiger partial charge on any atom is 0.223 e. The van der Waals surface area contributed by atoms with Crippen molar-refractivity contribution in [1.82, 2.24) is 4.90 Å². The monoisotopic (exact) mass is 325 g/mol. The number of ketones is 1. The van der Waals surface area contributed by atoms with E-state index in [1.165, 1.54) is 6.07 Å². The number of carbonyl (C=O) groups is 2. The van der Waals surface area contributed by atoms with Gasteiger partial charge in [0.25, 0.3) is 0 Å². The minimum Gasteiger partial charge on any atom is -0.377 e. The number of likely N-dealkylation sites (tertiary alicyclic amines) is 1. The largest absolute Gasteiger partial charge is 0.377 e. The molecule has 0 aliphatic carbocycles. The summed E-state index contributed by atoms with van der Waals surface area (Å²) >= 11 is 0. The van der Waals surface area contributed by atoms with Crippen LogP contribution in [-0.4, -0.2) is 42.4 Å². The number of Topliss-reactive ketones (excluding diaryl/α,β-unsaturated/α-hetero) is 1. The van der Waals surface area contributed by atoms with Crippen LogP contribution in [0.3, 0.4) is 0 Å². The van der Waals surface area contributed by atoms with Crippen LogP contribution >= 0.6 is 0 Å². The summed E-state index contributed by atoms with van der Waals surface area (Å²) in [7, 11) is 0. The molecule has 1 aromatic rings.